The zero-order chi connectivity index (χ0) is 26.3. The molecular formula is C31H41NO5. The van der Waals surface area contributed by atoms with Crippen molar-refractivity contribution in [3.05, 3.63) is 83.4 Å². The van der Waals surface area contributed by atoms with E-state index < -0.39 is 5.60 Å². The summed E-state index contributed by atoms with van der Waals surface area (Å²) in [5, 5.41) is 9.63. The van der Waals surface area contributed by atoms with E-state index in [1.807, 2.05) is 68.1 Å². The molecule has 2 aliphatic rings. The number of amides is 1. The Kier molecular flexibility index (Phi) is 9.06. The number of aliphatic hydroxyl groups is 1. The fraction of sp³-hybridized carbons (Fsp3) is 0.516. The lowest BCUT2D eigenvalue weighted by atomic mass is 9.63. The lowest BCUT2D eigenvalue weighted by Gasteiger charge is -2.54. The van der Waals surface area contributed by atoms with Crippen molar-refractivity contribution in [2.75, 3.05) is 26.4 Å². The number of benzene rings is 2. The number of rotatable bonds is 9. The summed E-state index contributed by atoms with van der Waals surface area (Å²) in [4.78, 5) is 15.3. The topological polar surface area (TPSA) is 68.2 Å². The van der Waals surface area contributed by atoms with Crippen LogP contribution in [0.4, 0.5) is 4.79 Å². The average molecular weight is 508 g/mol. The number of likely N-dealkylation sites (tertiary alicyclic amines) is 1. The Hall–Kier alpha value is -2.67. The molecule has 2 atom stereocenters. The van der Waals surface area contributed by atoms with E-state index in [0.29, 0.717) is 38.9 Å². The predicted octanol–water partition coefficient (Wildman–Crippen LogP) is 5.74. The number of carbonyl (C=O) groups excluding carboxylic acids is 1. The van der Waals surface area contributed by atoms with Crippen molar-refractivity contribution in [1.82, 2.24) is 4.90 Å². The number of hydrogen-bond donors (Lipinski definition) is 1. The average Bonchev–Trinajstić information content (AvgIpc) is 2.87. The van der Waals surface area contributed by atoms with Gasteiger partial charge in [-0.15, -0.1) is 0 Å². The summed E-state index contributed by atoms with van der Waals surface area (Å²) >= 11 is 0. The van der Waals surface area contributed by atoms with E-state index in [9.17, 15) is 9.90 Å². The third kappa shape index (κ3) is 7.22. The van der Waals surface area contributed by atoms with Crippen LogP contribution in [0.25, 0.3) is 0 Å². The molecule has 2 fully saturated rings. The third-order valence-corrected chi connectivity index (χ3v) is 7.43. The molecule has 6 nitrogen and oxygen atoms in total. The Morgan fingerprint density at radius 1 is 1.00 bits per heavy atom. The summed E-state index contributed by atoms with van der Waals surface area (Å²) in [6.07, 6.45) is 4.18. The first kappa shape index (κ1) is 27.4. The van der Waals surface area contributed by atoms with E-state index in [1.54, 1.807) is 0 Å². The molecule has 1 amide bonds. The van der Waals surface area contributed by atoms with E-state index in [0.717, 1.165) is 36.0 Å². The van der Waals surface area contributed by atoms with Gasteiger partial charge in [-0.05, 0) is 62.7 Å². The minimum atomic E-state index is -0.597. The molecule has 2 aromatic rings. The van der Waals surface area contributed by atoms with E-state index in [1.165, 1.54) is 0 Å². The minimum Gasteiger partial charge on any atom is -0.444 e. The van der Waals surface area contributed by atoms with Crippen molar-refractivity contribution < 1.29 is 24.1 Å². The SMILES string of the molecule is CC(C)(C)OC(=O)N1CC(COCc2ccccc2)(COCc2ccccc2)C2CC/C(=C/CO)C1C2. The molecule has 1 aliphatic heterocycles. The maximum atomic E-state index is 13.5. The fourth-order valence-corrected chi connectivity index (χ4v) is 5.64. The molecule has 0 aromatic heterocycles. The number of ether oxygens (including phenoxy) is 3. The summed E-state index contributed by atoms with van der Waals surface area (Å²) in [5.41, 5.74) is 2.41. The van der Waals surface area contributed by atoms with Gasteiger partial charge in [0.1, 0.15) is 5.60 Å². The van der Waals surface area contributed by atoms with Gasteiger partial charge in [-0.1, -0.05) is 66.7 Å². The Morgan fingerprint density at radius 2 is 1.57 bits per heavy atom. The normalized spacial score (nSPS) is 22.2. The second-order valence-electron chi connectivity index (χ2n) is 11.4. The van der Waals surface area contributed by atoms with Crippen LogP contribution in [-0.2, 0) is 27.4 Å². The number of carbonyl (C=O) groups is 1. The highest BCUT2D eigenvalue weighted by molar-refractivity contribution is 5.69. The third-order valence-electron chi connectivity index (χ3n) is 7.43. The van der Waals surface area contributed by atoms with Crippen LogP contribution in [0.1, 0.15) is 51.2 Å². The Morgan fingerprint density at radius 3 is 2.08 bits per heavy atom. The molecule has 1 heterocycles. The summed E-state index contributed by atoms with van der Waals surface area (Å²) in [6, 6.07) is 20.3. The zero-order valence-corrected chi connectivity index (χ0v) is 22.4. The summed E-state index contributed by atoms with van der Waals surface area (Å²) < 4.78 is 18.5. The Labute approximate surface area is 221 Å². The highest BCUT2D eigenvalue weighted by Gasteiger charge is 2.52. The zero-order valence-electron chi connectivity index (χ0n) is 22.4. The molecule has 0 radical (unpaired) electrons. The molecule has 2 unspecified atom stereocenters. The van der Waals surface area contributed by atoms with Crippen LogP contribution >= 0.6 is 0 Å². The first-order chi connectivity index (χ1) is 17.8. The molecule has 37 heavy (non-hydrogen) atoms. The number of piperidine rings is 1. The maximum absolute atomic E-state index is 13.5. The van der Waals surface area contributed by atoms with E-state index in [4.69, 9.17) is 14.2 Å². The van der Waals surface area contributed by atoms with Crippen molar-refractivity contribution in [3.63, 3.8) is 0 Å². The quantitative estimate of drug-likeness (QED) is 0.438. The van der Waals surface area contributed by atoms with Crippen LogP contribution in [0.15, 0.2) is 72.3 Å². The van der Waals surface area contributed by atoms with Gasteiger partial charge in [-0.2, -0.15) is 0 Å². The van der Waals surface area contributed by atoms with Gasteiger partial charge in [0, 0.05) is 12.0 Å². The number of hydrogen-bond acceptors (Lipinski definition) is 5. The number of aliphatic hydroxyl groups excluding tert-OH is 1. The molecular weight excluding hydrogens is 466 g/mol. The van der Waals surface area contributed by atoms with E-state index >= 15 is 0 Å². The number of fused-ring (bicyclic) bond motifs is 2. The standard InChI is InChI=1S/C31H41NO5/c1-30(2,3)37-29(34)32-21-31(22-35-19-24-10-6-4-7-11-24,23-36-20-25-12-8-5-9-13-25)27-15-14-26(16-17-33)28(32)18-27/h4-13,16,27-28,33H,14-15,17-23H2,1-3H3/b26-16-. The predicted molar refractivity (Wildman–Crippen MR) is 144 cm³/mol. The van der Waals surface area contributed by atoms with Crippen LogP contribution < -0.4 is 0 Å². The molecule has 1 aliphatic carbocycles. The molecule has 200 valence electrons. The molecule has 1 saturated carbocycles. The molecule has 4 rings (SSSR count). The van der Waals surface area contributed by atoms with Crippen LogP contribution in [0.2, 0.25) is 0 Å². The lowest BCUT2D eigenvalue weighted by Crippen LogP contribution is -2.61. The van der Waals surface area contributed by atoms with Crippen molar-refractivity contribution >= 4 is 6.09 Å². The first-order valence-corrected chi connectivity index (χ1v) is 13.3. The van der Waals surface area contributed by atoms with Gasteiger partial charge in [-0.25, -0.2) is 4.79 Å². The molecule has 0 spiro atoms. The monoisotopic (exact) mass is 507 g/mol. The van der Waals surface area contributed by atoms with Crippen molar-refractivity contribution in [2.45, 2.75) is 64.9 Å². The molecule has 2 bridgehead atoms. The smallest absolute Gasteiger partial charge is 0.410 e. The second kappa shape index (κ2) is 12.2. The van der Waals surface area contributed by atoms with Gasteiger partial charge in [0.15, 0.2) is 0 Å². The highest BCUT2D eigenvalue weighted by atomic mass is 16.6. The van der Waals surface area contributed by atoms with E-state index in [-0.39, 0.29) is 24.2 Å². The van der Waals surface area contributed by atoms with Gasteiger partial charge < -0.3 is 24.2 Å². The van der Waals surface area contributed by atoms with Crippen LogP contribution in [0, 0.1) is 11.3 Å². The Balaban J connectivity index is 1.58. The first-order valence-electron chi connectivity index (χ1n) is 13.3. The molecule has 6 heteroatoms. The van der Waals surface area contributed by atoms with Gasteiger partial charge in [0.05, 0.1) is 39.1 Å². The minimum absolute atomic E-state index is 0.0236. The second-order valence-corrected chi connectivity index (χ2v) is 11.4. The molecule has 1 saturated heterocycles. The van der Waals surface area contributed by atoms with Gasteiger partial charge in [-0.3, -0.25) is 0 Å². The van der Waals surface area contributed by atoms with Crippen LogP contribution in [0.3, 0.4) is 0 Å². The lowest BCUT2D eigenvalue weighted by molar-refractivity contribution is -0.117. The summed E-state index contributed by atoms with van der Waals surface area (Å²) in [5.74, 6) is 0.332. The van der Waals surface area contributed by atoms with E-state index in [2.05, 4.69) is 24.3 Å². The van der Waals surface area contributed by atoms with Crippen molar-refractivity contribution in [3.8, 4) is 0 Å². The molecule has 2 aromatic carbocycles. The Bertz CT molecular complexity index is 985. The summed E-state index contributed by atoms with van der Waals surface area (Å²) in [7, 11) is 0. The van der Waals surface area contributed by atoms with Crippen LogP contribution in [-0.4, -0.2) is 54.1 Å². The summed E-state index contributed by atoms with van der Waals surface area (Å²) in [6.45, 7) is 8.15. The van der Waals surface area contributed by atoms with Gasteiger partial charge in [0.25, 0.3) is 0 Å². The van der Waals surface area contributed by atoms with Crippen molar-refractivity contribution in [2.24, 2.45) is 11.3 Å². The van der Waals surface area contributed by atoms with Crippen LogP contribution in [0.5, 0.6) is 0 Å². The largest absolute Gasteiger partial charge is 0.444 e. The molecule has 1 N–H and O–H groups in total. The highest BCUT2D eigenvalue weighted by Crippen LogP contribution is 2.48. The van der Waals surface area contributed by atoms with Gasteiger partial charge in [0.2, 0.25) is 0 Å². The van der Waals surface area contributed by atoms with Crippen molar-refractivity contribution in [1.29, 1.82) is 0 Å². The fourth-order valence-electron chi connectivity index (χ4n) is 5.64. The number of nitrogens with zero attached hydrogens (tertiary/aromatic N) is 1. The maximum Gasteiger partial charge on any atom is 0.410 e. The van der Waals surface area contributed by atoms with Gasteiger partial charge >= 0.3 is 6.09 Å².